The Labute approximate surface area is 121 Å². The number of methoxy groups -OCH3 is 1. The number of aldehydes is 1. The van der Waals surface area contributed by atoms with Crippen LogP contribution in [0.3, 0.4) is 0 Å². The summed E-state index contributed by atoms with van der Waals surface area (Å²) in [7, 11) is 1.50. The smallest absolute Gasteiger partial charge is 0.169 e. The lowest BCUT2D eigenvalue weighted by molar-refractivity contribution is 0.112. The van der Waals surface area contributed by atoms with E-state index >= 15 is 0 Å². The molecule has 20 heavy (non-hydrogen) atoms. The third-order valence-electron chi connectivity index (χ3n) is 2.73. The number of halogens is 1. The maximum atomic E-state index is 11.0. The van der Waals surface area contributed by atoms with Gasteiger partial charge in [0.15, 0.2) is 17.8 Å². The van der Waals surface area contributed by atoms with Crippen LogP contribution in [0.2, 0.25) is 5.02 Å². The Morgan fingerprint density at radius 3 is 2.60 bits per heavy atom. The largest absolute Gasteiger partial charge is 0.493 e. The van der Waals surface area contributed by atoms with Crippen molar-refractivity contribution in [2.75, 3.05) is 7.11 Å². The third kappa shape index (κ3) is 3.10. The van der Waals surface area contributed by atoms with Gasteiger partial charge in [0.25, 0.3) is 0 Å². The molecular weight excluding hydrogens is 280 g/mol. The van der Waals surface area contributed by atoms with Crippen molar-refractivity contribution in [2.45, 2.75) is 6.61 Å². The van der Waals surface area contributed by atoms with E-state index in [0.29, 0.717) is 39.7 Å². The summed E-state index contributed by atoms with van der Waals surface area (Å²) in [5.74, 6) is 1.26. The Bertz CT molecular complexity index is 625. The molecule has 2 aromatic rings. The highest BCUT2D eigenvalue weighted by Gasteiger charge is 2.10. The molecule has 0 radical (unpaired) electrons. The van der Waals surface area contributed by atoms with Crippen molar-refractivity contribution < 1.29 is 19.4 Å². The SMILES string of the molecule is COc1cc(CO)ccc1Oc1cc(Cl)ccc1C=O. The second-order valence-electron chi connectivity index (χ2n) is 4.05. The minimum absolute atomic E-state index is 0.0899. The van der Waals surface area contributed by atoms with Crippen molar-refractivity contribution in [2.24, 2.45) is 0 Å². The molecule has 0 aromatic heterocycles. The van der Waals surface area contributed by atoms with E-state index in [1.807, 2.05) is 0 Å². The van der Waals surface area contributed by atoms with Gasteiger partial charge in [-0.3, -0.25) is 4.79 Å². The van der Waals surface area contributed by atoms with Crippen LogP contribution in [0, 0.1) is 0 Å². The molecule has 0 atom stereocenters. The lowest BCUT2D eigenvalue weighted by Gasteiger charge is -2.12. The van der Waals surface area contributed by atoms with Gasteiger partial charge in [-0.2, -0.15) is 0 Å². The Hall–Kier alpha value is -2.04. The van der Waals surface area contributed by atoms with Crippen molar-refractivity contribution in [3.63, 3.8) is 0 Å². The van der Waals surface area contributed by atoms with Crippen LogP contribution >= 0.6 is 11.6 Å². The molecule has 0 aliphatic heterocycles. The third-order valence-corrected chi connectivity index (χ3v) is 2.97. The summed E-state index contributed by atoms with van der Waals surface area (Å²) in [6.45, 7) is -0.0899. The lowest BCUT2D eigenvalue weighted by atomic mass is 10.2. The van der Waals surface area contributed by atoms with Crippen LogP contribution in [-0.2, 0) is 6.61 Å². The average molecular weight is 293 g/mol. The van der Waals surface area contributed by atoms with Crippen LogP contribution in [0.15, 0.2) is 36.4 Å². The minimum atomic E-state index is -0.0899. The number of aliphatic hydroxyl groups is 1. The zero-order valence-corrected chi connectivity index (χ0v) is 11.6. The highest BCUT2D eigenvalue weighted by atomic mass is 35.5. The van der Waals surface area contributed by atoms with Crippen molar-refractivity contribution in [3.05, 3.63) is 52.5 Å². The fourth-order valence-corrected chi connectivity index (χ4v) is 1.87. The van der Waals surface area contributed by atoms with Crippen LogP contribution in [0.1, 0.15) is 15.9 Å². The van der Waals surface area contributed by atoms with Crippen LogP contribution in [0.25, 0.3) is 0 Å². The first kappa shape index (κ1) is 14.4. The monoisotopic (exact) mass is 292 g/mol. The number of benzene rings is 2. The van der Waals surface area contributed by atoms with Crippen LogP contribution in [0.4, 0.5) is 0 Å². The Balaban J connectivity index is 2.39. The second kappa shape index (κ2) is 6.41. The molecule has 0 saturated carbocycles. The molecule has 0 unspecified atom stereocenters. The normalized spacial score (nSPS) is 10.2. The highest BCUT2D eigenvalue weighted by Crippen LogP contribution is 2.34. The van der Waals surface area contributed by atoms with Gasteiger partial charge in [0, 0.05) is 11.1 Å². The predicted molar refractivity (Wildman–Crippen MR) is 75.8 cm³/mol. The Morgan fingerprint density at radius 2 is 1.95 bits per heavy atom. The van der Waals surface area contributed by atoms with Crippen molar-refractivity contribution in [1.29, 1.82) is 0 Å². The summed E-state index contributed by atoms with van der Waals surface area (Å²) in [6.07, 6.45) is 0.695. The van der Waals surface area contributed by atoms with Crippen LogP contribution in [-0.4, -0.2) is 18.5 Å². The fraction of sp³-hybridized carbons (Fsp3) is 0.133. The number of ether oxygens (including phenoxy) is 2. The fourth-order valence-electron chi connectivity index (χ4n) is 1.71. The quantitative estimate of drug-likeness (QED) is 0.858. The lowest BCUT2D eigenvalue weighted by Crippen LogP contribution is -1.95. The maximum Gasteiger partial charge on any atom is 0.169 e. The van der Waals surface area contributed by atoms with Gasteiger partial charge < -0.3 is 14.6 Å². The van der Waals surface area contributed by atoms with Gasteiger partial charge in [-0.15, -0.1) is 0 Å². The van der Waals surface area contributed by atoms with Gasteiger partial charge in [0.2, 0.25) is 0 Å². The molecule has 0 spiro atoms. The first-order chi connectivity index (χ1) is 9.67. The number of carbonyl (C=O) groups excluding carboxylic acids is 1. The molecule has 0 bridgehead atoms. The van der Waals surface area contributed by atoms with Gasteiger partial charge in [-0.05, 0) is 29.8 Å². The van der Waals surface area contributed by atoms with E-state index in [9.17, 15) is 4.79 Å². The van der Waals surface area contributed by atoms with Crippen LogP contribution in [0.5, 0.6) is 17.2 Å². The molecule has 0 amide bonds. The second-order valence-corrected chi connectivity index (χ2v) is 4.48. The predicted octanol–water partition coefficient (Wildman–Crippen LogP) is 3.45. The molecular formula is C15H13ClO4. The van der Waals surface area contributed by atoms with Gasteiger partial charge in [0.1, 0.15) is 5.75 Å². The van der Waals surface area contributed by atoms with Gasteiger partial charge in [-0.1, -0.05) is 17.7 Å². The summed E-state index contributed by atoms with van der Waals surface area (Å²) in [6, 6.07) is 9.80. The van der Waals surface area contributed by atoms with Gasteiger partial charge in [0.05, 0.1) is 19.3 Å². The van der Waals surface area contributed by atoms with E-state index in [1.165, 1.54) is 7.11 Å². The Kier molecular flexibility index (Phi) is 4.61. The van der Waals surface area contributed by atoms with E-state index in [0.717, 1.165) is 0 Å². The molecule has 0 heterocycles. The van der Waals surface area contributed by atoms with Crippen molar-refractivity contribution >= 4 is 17.9 Å². The zero-order valence-electron chi connectivity index (χ0n) is 10.8. The number of rotatable bonds is 5. The minimum Gasteiger partial charge on any atom is -0.493 e. The number of hydrogen-bond acceptors (Lipinski definition) is 4. The zero-order chi connectivity index (χ0) is 14.5. The molecule has 0 saturated heterocycles. The summed E-state index contributed by atoms with van der Waals surface area (Å²) >= 11 is 5.90. The van der Waals surface area contributed by atoms with Crippen molar-refractivity contribution in [3.8, 4) is 17.2 Å². The average Bonchev–Trinajstić information content (AvgIpc) is 2.48. The highest BCUT2D eigenvalue weighted by molar-refractivity contribution is 6.30. The molecule has 0 aliphatic rings. The maximum absolute atomic E-state index is 11.0. The topological polar surface area (TPSA) is 55.8 Å². The molecule has 2 rings (SSSR count). The number of hydrogen-bond donors (Lipinski definition) is 1. The molecule has 104 valence electrons. The molecule has 1 N–H and O–H groups in total. The summed E-state index contributed by atoms with van der Waals surface area (Å²) in [5, 5.41) is 9.57. The van der Waals surface area contributed by atoms with E-state index in [4.69, 9.17) is 26.2 Å². The van der Waals surface area contributed by atoms with E-state index in [-0.39, 0.29) is 6.61 Å². The van der Waals surface area contributed by atoms with E-state index in [1.54, 1.807) is 36.4 Å². The number of carbonyl (C=O) groups is 1. The molecule has 4 nitrogen and oxygen atoms in total. The Morgan fingerprint density at radius 1 is 1.15 bits per heavy atom. The van der Waals surface area contributed by atoms with Gasteiger partial charge in [-0.25, -0.2) is 0 Å². The van der Waals surface area contributed by atoms with Crippen molar-refractivity contribution in [1.82, 2.24) is 0 Å². The molecule has 0 fully saturated rings. The standard InChI is InChI=1S/C15H13ClO4/c1-19-15-6-10(8-17)2-5-13(15)20-14-7-12(16)4-3-11(14)9-18/h2-7,9,17H,8H2,1H3. The molecule has 2 aromatic carbocycles. The van der Waals surface area contributed by atoms with E-state index < -0.39 is 0 Å². The first-order valence-electron chi connectivity index (χ1n) is 5.88. The van der Waals surface area contributed by atoms with E-state index in [2.05, 4.69) is 0 Å². The van der Waals surface area contributed by atoms with Crippen LogP contribution < -0.4 is 9.47 Å². The molecule has 5 heteroatoms. The molecule has 0 aliphatic carbocycles. The first-order valence-corrected chi connectivity index (χ1v) is 6.26. The summed E-state index contributed by atoms with van der Waals surface area (Å²) in [4.78, 5) is 11.0. The summed E-state index contributed by atoms with van der Waals surface area (Å²) in [5.41, 5.74) is 1.10. The summed E-state index contributed by atoms with van der Waals surface area (Å²) < 4.78 is 10.9. The van der Waals surface area contributed by atoms with Gasteiger partial charge >= 0.3 is 0 Å². The number of aliphatic hydroxyl groups excluding tert-OH is 1.